The van der Waals surface area contributed by atoms with Gasteiger partial charge in [-0.05, 0) is 36.8 Å². The van der Waals surface area contributed by atoms with Gasteiger partial charge >= 0.3 is 0 Å². The summed E-state index contributed by atoms with van der Waals surface area (Å²) in [6.45, 7) is 1.93. The van der Waals surface area contributed by atoms with Gasteiger partial charge < -0.3 is 4.74 Å². The van der Waals surface area contributed by atoms with E-state index in [1.807, 2.05) is 24.4 Å². The molecule has 0 saturated carbocycles. The number of hydrazone groups is 1. The standard InChI is InChI=1S/C18H15F2N3OS/c1-12-11-25-18(22-12)23-21-9-13-3-2-4-16(7-13)24-10-14-5-6-15(19)8-17(14)20/h2-9,11H,10H2,1H3,(H,22,23). The van der Waals surface area contributed by atoms with Crippen LogP contribution in [0.2, 0.25) is 0 Å². The van der Waals surface area contributed by atoms with Gasteiger partial charge in [0.25, 0.3) is 0 Å². The Kier molecular flexibility index (Phi) is 5.35. The van der Waals surface area contributed by atoms with Crippen LogP contribution in [0, 0.1) is 18.6 Å². The lowest BCUT2D eigenvalue weighted by Crippen LogP contribution is -1.99. The summed E-state index contributed by atoms with van der Waals surface area (Å²) >= 11 is 1.47. The summed E-state index contributed by atoms with van der Waals surface area (Å²) in [7, 11) is 0. The topological polar surface area (TPSA) is 46.5 Å². The van der Waals surface area contributed by atoms with E-state index in [0.29, 0.717) is 16.4 Å². The first-order valence-corrected chi connectivity index (χ1v) is 8.36. The third kappa shape index (κ3) is 4.84. The molecule has 1 aromatic heterocycles. The third-order valence-corrected chi connectivity index (χ3v) is 4.13. The molecule has 25 heavy (non-hydrogen) atoms. The molecule has 4 nitrogen and oxygen atoms in total. The highest BCUT2D eigenvalue weighted by Gasteiger charge is 2.05. The number of aromatic nitrogens is 1. The highest BCUT2D eigenvalue weighted by atomic mass is 32.1. The van der Waals surface area contributed by atoms with Gasteiger partial charge in [-0.1, -0.05) is 12.1 Å². The van der Waals surface area contributed by atoms with Crippen LogP contribution < -0.4 is 10.2 Å². The summed E-state index contributed by atoms with van der Waals surface area (Å²) in [5, 5.41) is 6.77. The zero-order chi connectivity index (χ0) is 17.6. The molecular formula is C18H15F2N3OS. The normalized spacial score (nSPS) is 11.0. The lowest BCUT2D eigenvalue weighted by Gasteiger charge is -2.08. The Morgan fingerprint density at radius 3 is 2.88 bits per heavy atom. The van der Waals surface area contributed by atoms with Gasteiger partial charge in [0.15, 0.2) is 0 Å². The number of halogens is 2. The number of nitrogens with one attached hydrogen (secondary N) is 1. The molecule has 1 N–H and O–H groups in total. The summed E-state index contributed by atoms with van der Waals surface area (Å²) in [6, 6.07) is 10.6. The van der Waals surface area contributed by atoms with Crippen LogP contribution in [0.1, 0.15) is 16.8 Å². The summed E-state index contributed by atoms with van der Waals surface area (Å²) in [4.78, 5) is 4.24. The average Bonchev–Trinajstić information content (AvgIpc) is 3.00. The van der Waals surface area contributed by atoms with E-state index in [2.05, 4.69) is 15.5 Å². The number of thiazole rings is 1. The molecule has 0 radical (unpaired) electrons. The Balaban J connectivity index is 1.61. The number of nitrogens with zero attached hydrogens (tertiary/aromatic N) is 2. The van der Waals surface area contributed by atoms with Crippen LogP contribution >= 0.6 is 11.3 Å². The molecule has 3 rings (SSSR count). The average molecular weight is 359 g/mol. The van der Waals surface area contributed by atoms with Crippen molar-refractivity contribution in [1.29, 1.82) is 0 Å². The zero-order valence-electron chi connectivity index (χ0n) is 13.4. The third-order valence-electron chi connectivity index (χ3n) is 3.26. The van der Waals surface area contributed by atoms with Crippen molar-refractivity contribution in [1.82, 2.24) is 4.98 Å². The SMILES string of the molecule is Cc1csc(NN=Cc2cccc(OCc3ccc(F)cc3F)c2)n1. The van der Waals surface area contributed by atoms with Crippen LogP contribution in [0.15, 0.2) is 52.9 Å². The molecule has 1 heterocycles. The zero-order valence-corrected chi connectivity index (χ0v) is 14.2. The number of anilines is 1. The van der Waals surface area contributed by atoms with Gasteiger partial charge in [0.1, 0.15) is 24.0 Å². The molecule has 7 heteroatoms. The summed E-state index contributed by atoms with van der Waals surface area (Å²) in [5.74, 6) is -0.666. The molecule has 0 fully saturated rings. The maximum Gasteiger partial charge on any atom is 0.203 e. The van der Waals surface area contributed by atoms with Gasteiger partial charge in [-0.2, -0.15) is 5.10 Å². The molecule has 0 bridgehead atoms. The maximum atomic E-state index is 13.6. The Bertz CT molecular complexity index is 896. The lowest BCUT2D eigenvalue weighted by atomic mass is 10.2. The molecule has 0 amide bonds. The van der Waals surface area contributed by atoms with Gasteiger partial charge in [-0.3, -0.25) is 5.43 Å². The second-order valence-corrected chi connectivity index (χ2v) is 6.12. The molecule has 3 aromatic rings. The number of hydrogen-bond donors (Lipinski definition) is 1. The molecule has 0 spiro atoms. The van der Waals surface area contributed by atoms with Crippen LogP contribution in [-0.2, 0) is 6.61 Å². The molecule has 0 saturated heterocycles. The van der Waals surface area contributed by atoms with Gasteiger partial charge in [0.05, 0.1) is 11.9 Å². The number of hydrogen-bond acceptors (Lipinski definition) is 5. The molecule has 0 unspecified atom stereocenters. The molecule has 0 aliphatic carbocycles. The van der Waals surface area contributed by atoms with Gasteiger partial charge in [0.2, 0.25) is 5.13 Å². The summed E-state index contributed by atoms with van der Waals surface area (Å²) in [6.07, 6.45) is 1.64. The van der Waals surface area contributed by atoms with Crippen molar-refractivity contribution >= 4 is 22.7 Å². The lowest BCUT2D eigenvalue weighted by molar-refractivity contribution is 0.299. The minimum atomic E-state index is -0.624. The van der Waals surface area contributed by atoms with E-state index >= 15 is 0 Å². The Hall–Kier alpha value is -2.80. The predicted octanol–water partition coefficient (Wildman–Crippen LogP) is 4.75. The number of benzene rings is 2. The smallest absolute Gasteiger partial charge is 0.203 e. The second kappa shape index (κ2) is 7.85. The van der Waals surface area contributed by atoms with Gasteiger partial charge in [-0.25, -0.2) is 13.8 Å². The van der Waals surface area contributed by atoms with E-state index in [1.165, 1.54) is 23.5 Å². The van der Waals surface area contributed by atoms with Crippen molar-refractivity contribution < 1.29 is 13.5 Å². The second-order valence-electron chi connectivity index (χ2n) is 5.26. The highest BCUT2D eigenvalue weighted by molar-refractivity contribution is 7.13. The number of aryl methyl sites for hydroxylation is 1. The molecule has 2 aromatic carbocycles. The van der Waals surface area contributed by atoms with Crippen molar-refractivity contribution in [2.45, 2.75) is 13.5 Å². The molecule has 0 aliphatic heterocycles. The van der Waals surface area contributed by atoms with Gasteiger partial charge in [0, 0.05) is 17.0 Å². The Morgan fingerprint density at radius 2 is 2.12 bits per heavy atom. The first-order valence-electron chi connectivity index (χ1n) is 7.48. The van der Waals surface area contributed by atoms with Crippen LogP contribution in [-0.4, -0.2) is 11.2 Å². The molecular weight excluding hydrogens is 344 g/mol. The van der Waals surface area contributed by atoms with Crippen molar-refractivity contribution in [2.75, 3.05) is 5.43 Å². The van der Waals surface area contributed by atoms with E-state index in [4.69, 9.17) is 4.74 Å². The molecule has 0 atom stereocenters. The van der Waals surface area contributed by atoms with Crippen molar-refractivity contribution in [3.63, 3.8) is 0 Å². The largest absolute Gasteiger partial charge is 0.489 e. The van der Waals surface area contributed by atoms with Crippen molar-refractivity contribution in [3.05, 3.63) is 76.3 Å². The molecule has 128 valence electrons. The number of ether oxygens (including phenoxy) is 1. The first kappa shape index (κ1) is 17.0. The van der Waals surface area contributed by atoms with E-state index in [-0.39, 0.29) is 6.61 Å². The van der Waals surface area contributed by atoms with Gasteiger partial charge in [-0.15, -0.1) is 11.3 Å². The fourth-order valence-electron chi connectivity index (χ4n) is 2.05. The fourth-order valence-corrected chi connectivity index (χ4v) is 2.69. The van der Waals surface area contributed by atoms with Crippen LogP contribution in [0.4, 0.5) is 13.9 Å². The minimum Gasteiger partial charge on any atom is -0.489 e. The summed E-state index contributed by atoms with van der Waals surface area (Å²) < 4.78 is 32.1. The Labute approximate surface area is 147 Å². The van der Waals surface area contributed by atoms with Crippen LogP contribution in [0.5, 0.6) is 5.75 Å². The maximum absolute atomic E-state index is 13.6. The van der Waals surface area contributed by atoms with Crippen molar-refractivity contribution in [3.8, 4) is 5.75 Å². The predicted molar refractivity (Wildman–Crippen MR) is 95.2 cm³/mol. The van der Waals surface area contributed by atoms with E-state index in [9.17, 15) is 8.78 Å². The molecule has 0 aliphatic rings. The van der Waals surface area contributed by atoms with E-state index in [1.54, 1.807) is 18.3 Å². The van der Waals surface area contributed by atoms with Crippen LogP contribution in [0.3, 0.4) is 0 Å². The minimum absolute atomic E-state index is 0.0172. The van der Waals surface area contributed by atoms with Crippen LogP contribution in [0.25, 0.3) is 0 Å². The first-order chi connectivity index (χ1) is 12.1. The highest BCUT2D eigenvalue weighted by Crippen LogP contribution is 2.17. The quantitative estimate of drug-likeness (QED) is 0.510. The Morgan fingerprint density at radius 1 is 1.24 bits per heavy atom. The monoisotopic (exact) mass is 359 g/mol. The van der Waals surface area contributed by atoms with Crippen molar-refractivity contribution in [2.24, 2.45) is 5.10 Å². The van der Waals surface area contributed by atoms with E-state index in [0.717, 1.165) is 17.3 Å². The fraction of sp³-hybridized carbons (Fsp3) is 0.111. The van der Waals surface area contributed by atoms with E-state index < -0.39 is 11.6 Å². The summed E-state index contributed by atoms with van der Waals surface area (Å²) in [5.41, 5.74) is 4.90. The number of rotatable bonds is 6.